The standard InChI is InChI=1S/C20H26N2O3S/c1-3-13-21-14-6-15-22(19-8-5-4-7-18(19)20(21)23)26(24,25)17-11-9-16(2)10-12-17/h3,6,9-12,14,18-19H,1,4-5,7-8,13,15H2,2H3/b14-6-/t18-,19-/m1/s1. The minimum absolute atomic E-state index is 0.00495. The second-order valence-electron chi connectivity index (χ2n) is 7.01. The Morgan fingerprint density at radius 2 is 1.88 bits per heavy atom. The molecule has 2 atom stereocenters. The molecule has 3 rings (SSSR count). The van der Waals surface area contributed by atoms with Crippen LogP contribution < -0.4 is 0 Å². The quantitative estimate of drug-likeness (QED) is 0.761. The van der Waals surface area contributed by atoms with Crippen LogP contribution in [0.1, 0.15) is 31.2 Å². The van der Waals surface area contributed by atoms with E-state index in [4.69, 9.17) is 0 Å². The summed E-state index contributed by atoms with van der Waals surface area (Å²) in [5, 5.41) is 0. The summed E-state index contributed by atoms with van der Waals surface area (Å²) in [5.41, 5.74) is 1.02. The minimum Gasteiger partial charge on any atom is -0.315 e. The van der Waals surface area contributed by atoms with Crippen LogP contribution in [0.25, 0.3) is 0 Å². The highest BCUT2D eigenvalue weighted by Gasteiger charge is 2.42. The van der Waals surface area contributed by atoms with Crippen molar-refractivity contribution in [2.24, 2.45) is 5.92 Å². The molecule has 1 fully saturated rings. The predicted octanol–water partition coefficient (Wildman–Crippen LogP) is 3.09. The number of nitrogens with zero attached hydrogens (tertiary/aromatic N) is 2. The second kappa shape index (κ2) is 7.76. The number of aryl methyl sites for hydroxylation is 1. The third kappa shape index (κ3) is 3.62. The molecule has 5 nitrogen and oxygen atoms in total. The maximum Gasteiger partial charge on any atom is 0.243 e. The molecular weight excluding hydrogens is 348 g/mol. The van der Waals surface area contributed by atoms with Gasteiger partial charge in [-0.05, 0) is 31.9 Å². The maximum atomic E-state index is 13.3. The van der Waals surface area contributed by atoms with Crippen molar-refractivity contribution in [1.82, 2.24) is 9.21 Å². The molecule has 1 saturated carbocycles. The summed E-state index contributed by atoms with van der Waals surface area (Å²) >= 11 is 0. The van der Waals surface area contributed by atoms with Crippen molar-refractivity contribution in [3.8, 4) is 0 Å². The Morgan fingerprint density at radius 1 is 1.19 bits per heavy atom. The SMILES string of the molecule is C=CCN1/C=C\CN(S(=O)(=O)c2ccc(C)cc2)[C@@H]2CCCC[C@H]2C1=O. The molecule has 6 heteroatoms. The lowest BCUT2D eigenvalue weighted by molar-refractivity contribution is -0.135. The Morgan fingerprint density at radius 3 is 2.58 bits per heavy atom. The zero-order valence-corrected chi connectivity index (χ0v) is 16.0. The topological polar surface area (TPSA) is 57.7 Å². The van der Waals surface area contributed by atoms with Crippen LogP contribution in [0.5, 0.6) is 0 Å². The molecule has 1 aromatic carbocycles. The first-order chi connectivity index (χ1) is 12.4. The van der Waals surface area contributed by atoms with E-state index in [9.17, 15) is 13.2 Å². The Kier molecular flexibility index (Phi) is 5.63. The molecule has 2 aliphatic rings. The van der Waals surface area contributed by atoms with Crippen molar-refractivity contribution in [3.05, 3.63) is 54.8 Å². The lowest BCUT2D eigenvalue weighted by Gasteiger charge is -2.40. The van der Waals surface area contributed by atoms with E-state index in [1.807, 2.05) is 19.1 Å². The molecular formula is C20H26N2O3S. The van der Waals surface area contributed by atoms with Gasteiger partial charge in [-0.3, -0.25) is 4.79 Å². The fourth-order valence-electron chi connectivity index (χ4n) is 3.86. The summed E-state index contributed by atoms with van der Waals surface area (Å²) < 4.78 is 28.1. The first kappa shape index (κ1) is 18.9. The lowest BCUT2D eigenvalue weighted by atomic mass is 9.83. The highest BCUT2D eigenvalue weighted by atomic mass is 32.2. The fraction of sp³-hybridized carbons (Fsp3) is 0.450. The van der Waals surface area contributed by atoms with E-state index >= 15 is 0 Å². The Labute approximate surface area is 156 Å². The van der Waals surface area contributed by atoms with E-state index in [0.29, 0.717) is 6.54 Å². The van der Waals surface area contributed by atoms with Crippen LogP contribution in [0.2, 0.25) is 0 Å². The van der Waals surface area contributed by atoms with E-state index in [2.05, 4.69) is 6.58 Å². The van der Waals surface area contributed by atoms with Gasteiger partial charge in [0.2, 0.25) is 15.9 Å². The number of sulfonamides is 1. The maximum absolute atomic E-state index is 13.3. The number of rotatable bonds is 4. The third-order valence-electron chi connectivity index (χ3n) is 5.22. The summed E-state index contributed by atoms with van der Waals surface area (Å²) in [6.07, 6.45) is 8.51. The summed E-state index contributed by atoms with van der Waals surface area (Å²) in [4.78, 5) is 14.9. The molecule has 1 heterocycles. The fourth-order valence-corrected chi connectivity index (χ4v) is 5.50. The van der Waals surface area contributed by atoms with Crippen LogP contribution in [-0.4, -0.2) is 42.7 Å². The Bertz CT molecular complexity index is 799. The highest BCUT2D eigenvalue weighted by Crippen LogP contribution is 2.34. The largest absolute Gasteiger partial charge is 0.315 e. The molecule has 1 aromatic rings. The van der Waals surface area contributed by atoms with Crippen molar-refractivity contribution >= 4 is 15.9 Å². The van der Waals surface area contributed by atoms with Gasteiger partial charge in [0.05, 0.1) is 10.8 Å². The molecule has 1 aliphatic carbocycles. The van der Waals surface area contributed by atoms with Gasteiger partial charge in [0.25, 0.3) is 0 Å². The molecule has 1 amide bonds. The molecule has 0 aromatic heterocycles. The smallest absolute Gasteiger partial charge is 0.243 e. The monoisotopic (exact) mass is 374 g/mol. The van der Waals surface area contributed by atoms with Gasteiger partial charge in [-0.1, -0.05) is 42.7 Å². The number of carbonyl (C=O) groups is 1. The van der Waals surface area contributed by atoms with Crippen molar-refractivity contribution in [2.45, 2.75) is 43.5 Å². The molecule has 140 valence electrons. The lowest BCUT2D eigenvalue weighted by Crippen LogP contribution is -2.52. The highest BCUT2D eigenvalue weighted by molar-refractivity contribution is 7.89. The summed E-state index contributed by atoms with van der Waals surface area (Å²) in [6, 6.07) is 6.62. The molecule has 0 radical (unpaired) electrons. The van der Waals surface area contributed by atoms with E-state index in [0.717, 1.165) is 31.2 Å². The Balaban J connectivity index is 2.00. The van der Waals surface area contributed by atoms with Crippen LogP contribution in [0.15, 0.2) is 54.1 Å². The molecule has 1 aliphatic heterocycles. The van der Waals surface area contributed by atoms with Crippen molar-refractivity contribution in [2.75, 3.05) is 13.1 Å². The number of benzene rings is 1. The van der Waals surface area contributed by atoms with Gasteiger partial charge < -0.3 is 4.90 Å². The van der Waals surface area contributed by atoms with Crippen molar-refractivity contribution in [1.29, 1.82) is 0 Å². The molecule has 0 N–H and O–H groups in total. The van der Waals surface area contributed by atoms with E-state index in [-0.39, 0.29) is 29.3 Å². The third-order valence-corrected chi connectivity index (χ3v) is 7.13. The van der Waals surface area contributed by atoms with Gasteiger partial charge in [0, 0.05) is 25.3 Å². The van der Waals surface area contributed by atoms with E-state index < -0.39 is 10.0 Å². The van der Waals surface area contributed by atoms with Gasteiger partial charge >= 0.3 is 0 Å². The first-order valence-electron chi connectivity index (χ1n) is 9.11. The summed E-state index contributed by atoms with van der Waals surface area (Å²) in [5.74, 6) is -0.302. The number of amides is 1. The van der Waals surface area contributed by atoms with Gasteiger partial charge in [0.1, 0.15) is 0 Å². The molecule has 0 saturated heterocycles. The molecule has 26 heavy (non-hydrogen) atoms. The molecule has 0 spiro atoms. The summed E-state index contributed by atoms with van der Waals surface area (Å²) in [6.45, 7) is 6.37. The first-order valence-corrected chi connectivity index (χ1v) is 10.6. The predicted molar refractivity (Wildman–Crippen MR) is 102 cm³/mol. The average molecular weight is 375 g/mol. The van der Waals surface area contributed by atoms with Crippen LogP contribution in [0, 0.1) is 12.8 Å². The molecule has 0 bridgehead atoms. The van der Waals surface area contributed by atoms with E-state index in [1.54, 1.807) is 35.4 Å². The second-order valence-corrected chi connectivity index (χ2v) is 8.90. The Hall–Kier alpha value is -1.92. The van der Waals surface area contributed by atoms with Crippen molar-refractivity contribution < 1.29 is 13.2 Å². The van der Waals surface area contributed by atoms with Crippen LogP contribution in [0.4, 0.5) is 0 Å². The number of fused-ring (bicyclic) bond motifs is 1. The van der Waals surface area contributed by atoms with Gasteiger partial charge in [0.15, 0.2) is 0 Å². The number of hydrogen-bond acceptors (Lipinski definition) is 3. The van der Waals surface area contributed by atoms with Crippen LogP contribution >= 0.6 is 0 Å². The summed E-state index contributed by atoms with van der Waals surface area (Å²) in [7, 11) is -3.65. The zero-order valence-electron chi connectivity index (χ0n) is 15.2. The number of carbonyl (C=O) groups excluding carboxylic acids is 1. The van der Waals surface area contributed by atoms with E-state index in [1.165, 1.54) is 4.31 Å². The zero-order chi connectivity index (χ0) is 18.7. The van der Waals surface area contributed by atoms with Gasteiger partial charge in [-0.2, -0.15) is 4.31 Å². The van der Waals surface area contributed by atoms with Crippen LogP contribution in [0.3, 0.4) is 0 Å². The van der Waals surface area contributed by atoms with Gasteiger partial charge in [-0.25, -0.2) is 8.42 Å². The molecule has 0 unspecified atom stereocenters. The van der Waals surface area contributed by atoms with Crippen LogP contribution in [-0.2, 0) is 14.8 Å². The minimum atomic E-state index is -3.65. The van der Waals surface area contributed by atoms with Gasteiger partial charge in [-0.15, -0.1) is 6.58 Å². The van der Waals surface area contributed by atoms with Crippen molar-refractivity contribution in [3.63, 3.8) is 0 Å². The average Bonchev–Trinajstić information content (AvgIpc) is 2.63. The normalized spacial score (nSPS) is 25.9. The number of hydrogen-bond donors (Lipinski definition) is 0.